The van der Waals surface area contributed by atoms with Gasteiger partial charge in [0.25, 0.3) is 0 Å². The van der Waals surface area contributed by atoms with Gasteiger partial charge in [-0.1, -0.05) is 17.7 Å². The maximum absolute atomic E-state index is 13.0. The van der Waals surface area contributed by atoms with Crippen LogP contribution >= 0.6 is 11.6 Å². The summed E-state index contributed by atoms with van der Waals surface area (Å²) in [4.78, 5) is 0. The van der Waals surface area contributed by atoms with E-state index in [-0.39, 0.29) is 10.8 Å². The number of halogens is 2. The number of benzene rings is 1. The van der Waals surface area contributed by atoms with E-state index >= 15 is 0 Å². The molecule has 1 aliphatic heterocycles. The first kappa shape index (κ1) is 16.7. The van der Waals surface area contributed by atoms with E-state index < -0.39 is 15.8 Å². The van der Waals surface area contributed by atoms with Crippen molar-refractivity contribution >= 4 is 21.6 Å². The monoisotopic (exact) mass is 334 g/mol. The minimum Gasteiger partial charge on any atom is -0.316 e. The van der Waals surface area contributed by atoms with Gasteiger partial charge < -0.3 is 5.32 Å². The average molecular weight is 335 g/mol. The lowest BCUT2D eigenvalue weighted by atomic mass is 9.96. The molecule has 0 bridgehead atoms. The average Bonchev–Trinajstić information content (AvgIpc) is 2.43. The summed E-state index contributed by atoms with van der Waals surface area (Å²) in [6, 6.07) is 3.97. The Morgan fingerprint density at radius 2 is 2.24 bits per heavy atom. The lowest BCUT2D eigenvalue weighted by Crippen LogP contribution is -2.33. The third-order valence-corrected chi connectivity index (χ3v) is 5.26. The van der Waals surface area contributed by atoms with E-state index in [4.69, 9.17) is 11.6 Å². The van der Waals surface area contributed by atoms with Gasteiger partial charge in [-0.05, 0) is 56.0 Å². The molecule has 0 radical (unpaired) electrons. The minimum atomic E-state index is -3.42. The van der Waals surface area contributed by atoms with Gasteiger partial charge in [-0.3, -0.25) is 0 Å². The molecule has 0 aliphatic carbocycles. The molecule has 1 saturated heterocycles. The number of sulfonamides is 1. The Balaban J connectivity index is 1.82. The molecular formula is C14H20ClFN2O2S. The molecule has 118 valence electrons. The van der Waals surface area contributed by atoms with E-state index in [1.54, 1.807) is 0 Å². The fourth-order valence-corrected chi connectivity index (χ4v) is 3.84. The third-order valence-electron chi connectivity index (χ3n) is 3.61. The maximum atomic E-state index is 13.0. The summed E-state index contributed by atoms with van der Waals surface area (Å²) in [5.74, 6) is -0.201. The smallest absolute Gasteiger partial charge is 0.215 e. The van der Waals surface area contributed by atoms with Crippen molar-refractivity contribution < 1.29 is 12.8 Å². The van der Waals surface area contributed by atoms with Gasteiger partial charge in [0.15, 0.2) is 0 Å². The van der Waals surface area contributed by atoms with Crippen LogP contribution in [0.5, 0.6) is 0 Å². The molecule has 0 spiro atoms. The van der Waals surface area contributed by atoms with Crippen LogP contribution in [0.25, 0.3) is 0 Å². The zero-order chi connectivity index (χ0) is 15.3. The van der Waals surface area contributed by atoms with Crippen molar-refractivity contribution in [3.8, 4) is 0 Å². The van der Waals surface area contributed by atoms with Crippen LogP contribution in [0.3, 0.4) is 0 Å². The first-order chi connectivity index (χ1) is 9.96. The van der Waals surface area contributed by atoms with Crippen LogP contribution in [0.15, 0.2) is 18.2 Å². The predicted octanol–water partition coefficient (Wildman–Crippen LogP) is 2.29. The lowest BCUT2D eigenvalue weighted by molar-refractivity contribution is 0.358. The Morgan fingerprint density at radius 1 is 1.43 bits per heavy atom. The molecule has 2 N–H and O–H groups in total. The molecule has 4 nitrogen and oxygen atoms in total. The summed E-state index contributed by atoms with van der Waals surface area (Å²) < 4.78 is 39.6. The molecule has 1 unspecified atom stereocenters. The van der Waals surface area contributed by atoms with Crippen LogP contribution in [0.1, 0.15) is 24.8 Å². The van der Waals surface area contributed by atoms with Crippen molar-refractivity contribution in [2.24, 2.45) is 5.92 Å². The Kier molecular flexibility index (Phi) is 5.98. The summed E-state index contributed by atoms with van der Waals surface area (Å²) in [5, 5.41) is 3.25. The Bertz CT molecular complexity index is 574. The molecule has 1 aromatic rings. The highest BCUT2D eigenvalue weighted by molar-refractivity contribution is 7.88. The van der Waals surface area contributed by atoms with E-state index in [9.17, 15) is 12.8 Å². The van der Waals surface area contributed by atoms with E-state index in [0.29, 0.717) is 18.0 Å². The summed E-state index contributed by atoms with van der Waals surface area (Å²) in [7, 11) is -3.42. The van der Waals surface area contributed by atoms with Crippen LogP contribution in [0.2, 0.25) is 5.02 Å². The summed E-state index contributed by atoms with van der Waals surface area (Å²) in [6.45, 7) is 2.44. The molecule has 1 aliphatic rings. The second-order valence-corrected chi connectivity index (χ2v) is 7.62. The number of hydrogen-bond donors (Lipinski definition) is 2. The number of nitrogens with one attached hydrogen (secondary N) is 2. The molecule has 0 saturated carbocycles. The van der Waals surface area contributed by atoms with E-state index in [2.05, 4.69) is 10.0 Å². The first-order valence-corrected chi connectivity index (χ1v) is 9.11. The van der Waals surface area contributed by atoms with Gasteiger partial charge in [0, 0.05) is 6.54 Å². The van der Waals surface area contributed by atoms with E-state index in [1.165, 1.54) is 18.2 Å². The number of hydrogen-bond acceptors (Lipinski definition) is 3. The molecule has 1 aromatic carbocycles. The molecule has 1 heterocycles. The zero-order valence-corrected chi connectivity index (χ0v) is 13.3. The molecular weight excluding hydrogens is 315 g/mol. The second-order valence-electron chi connectivity index (χ2n) is 5.40. The molecule has 7 heteroatoms. The van der Waals surface area contributed by atoms with Crippen molar-refractivity contribution in [2.75, 3.05) is 19.6 Å². The maximum Gasteiger partial charge on any atom is 0.215 e. The Hall–Kier alpha value is -0.690. The molecule has 1 atom stereocenters. The Labute approximate surface area is 130 Å². The second kappa shape index (κ2) is 7.54. The fraction of sp³-hybridized carbons (Fsp3) is 0.571. The predicted molar refractivity (Wildman–Crippen MR) is 82.2 cm³/mol. The van der Waals surface area contributed by atoms with Gasteiger partial charge in [-0.2, -0.15) is 0 Å². The highest BCUT2D eigenvalue weighted by Gasteiger charge is 2.16. The summed E-state index contributed by atoms with van der Waals surface area (Å²) in [5.41, 5.74) is 0.480. The quantitative estimate of drug-likeness (QED) is 0.839. The molecule has 0 amide bonds. The van der Waals surface area contributed by atoms with Gasteiger partial charge in [0.05, 0.1) is 10.8 Å². The molecule has 0 aromatic heterocycles. The molecule has 2 rings (SSSR count). The summed E-state index contributed by atoms with van der Waals surface area (Å²) in [6.07, 6.45) is 3.12. The Morgan fingerprint density at radius 3 is 2.90 bits per heavy atom. The van der Waals surface area contributed by atoms with Crippen molar-refractivity contribution in [2.45, 2.75) is 25.0 Å². The number of rotatable bonds is 6. The zero-order valence-electron chi connectivity index (χ0n) is 11.7. The largest absolute Gasteiger partial charge is 0.316 e. The SMILES string of the molecule is O=S(=O)(Cc1ccc(F)c(Cl)c1)NCCC1CCCNC1. The van der Waals surface area contributed by atoms with Crippen LogP contribution < -0.4 is 10.0 Å². The van der Waals surface area contributed by atoms with Crippen molar-refractivity contribution in [1.29, 1.82) is 0 Å². The van der Waals surface area contributed by atoms with E-state index in [1.807, 2.05) is 0 Å². The van der Waals surface area contributed by atoms with Gasteiger partial charge in [-0.25, -0.2) is 17.5 Å². The van der Waals surface area contributed by atoms with Crippen molar-refractivity contribution in [1.82, 2.24) is 10.0 Å². The van der Waals surface area contributed by atoms with Crippen LogP contribution in [-0.2, 0) is 15.8 Å². The van der Waals surface area contributed by atoms with Crippen molar-refractivity contribution in [3.63, 3.8) is 0 Å². The minimum absolute atomic E-state index is 0.0593. The fourth-order valence-electron chi connectivity index (χ4n) is 2.49. The van der Waals surface area contributed by atoms with Crippen molar-refractivity contribution in [3.05, 3.63) is 34.6 Å². The normalized spacial score (nSPS) is 19.6. The standard InChI is InChI=1S/C14H20ClFN2O2S/c15-13-8-12(3-4-14(13)16)10-21(19,20)18-7-5-11-2-1-6-17-9-11/h3-4,8,11,17-18H,1-2,5-7,9-10H2. The van der Waals surface area contributed by atoms with Crippen LogP contribution in [-0.4, -0.2) is 28.1 Å². The van der Waals surface area contributed by atoms with E-state index in [0.717, 1.165) is 32.4 Å². The van der Waals surface area contributed by atoms with Crippen LogP contribution in [0, 0.1) is 11.7 Å². The first-order valence-electron chi connectivity index (χ1n) is 7.08. The molecule has 21 heavy (non-hydrogen) atoms. The number of piperidine rings is 1. The van der Waals surface area contributed by atoms with Gasteiger partial charge in [0.2, 0.25) is 10.0 Å². The highest BCUT2D eigenvalue weighted by Crippen LogP contribution is 2.18. The lowest BCUT2D eigenvalue weighted by Gasteiger charge is -2.22. The third kappa shape index (κ3) is 5.54. The van der Waals surface area contributed by atoms with Gasteiger partial charge in [-0.15, -0.1) is 0 Å². The van der Waals surface area contributed by atoms with Gasteiger partial charge >= 0.3 is 0 Å². The molecule has 1 fully saturated rings. The summed E-state index contributed by atoms with van der Waals surface area (Å²) >= 11 is 5.65. The topological polar surface area (TPSA) is 58.2 Å². The van der Waals surface area contributed by atoms with Crippen LogP contribution in [0.4, 0.5) is 4.39 Å². The van der Waals surface area contributed by atoms with Gasteiger partial charge in [0.1, 0.15) is 5.82 Å². The highest BCUT2D eigenvalue weighted by atomic mass is 35.5.